The van der Waals surface area contributed by atoms with Crippen molar-refractivity contribution in [1.29, 1.82) is 0 Å². The number of imidazole rings is 1. The van der Waals surface area contributed by atoms with Crippen LogP contribution in [0.3, 0.4) is 0 Å². The Labute approximate surface area is 106 Å². The molecule has 0 spiro atoms. The summed E-state index contributed by atoms with van der Waals surface area (Å²) in [5, 5.41) is 8.71. The summed E-state index contributed by atoms with van der Waals surface area (Å²) in [7, 11) is 0. The number of hydrogen-bond donors (Lipinski definition) is 1. The molecule has 0 saturated heterocycles. The maximum atomic E-state index is 12.3. The Kier molecular flexibility index (Phi) is 6.98. The second-order valence-corrected chi connectivity index (χ2v) is 4.92. The summed E-state index contributed by atoms with van der Waals surface area (Å²) >= 11 is 0. The molecule has 106 valence electrons. The number of aromatic nitrogens is 2. The molecule has 1 aromatic rings. The number of aliphatic hydroxyl groups excluding tert-OH is 1. The molecule has 0 aliphatic heterocycles. The predicted octanol–water partition coefficient (Wildman–Crippen LogP) is 3.19. The predicted molar refractivity (Wildman–Crippen MR) is 64.0 cm³/mol. The first-order chi connectivity index (χ1) is 8.18. The molecule has 1 N–H and O–H groups in total. The second-order valence-electron chi connectivity index (χ2n) is 4.92. The first-order valence-corrected chi connectivity index (χ1v) is 5.87. The number of nitrogens with zero attached hydrogens (tertiary/aromatic N) is 2. The van der Waals surface area contributed by atoms with Gasteiger partial charge >= 0.3 is 6.18 Å². The van der Waals surface area contributed by atoms with Gasteiger partial charge in [0.2, 0.25) is 5.82 Å². The lowest BCUT2D eigenvalue weighted by Gasteiger charge is -2.13. The van der Waals surface area contributed by atoms with Crippen molar-refractivity contribution >= 4 is 0 Å². The maximum absolute atomic E-state index is 12.3. The highest BCUT2D eigenvalue weighted by atomic mass is 19.4. The Balaban J connectivity index is 0.000000631. The summed E-state index contributed by atoms with van der Waals surface area (Å²) < 4.78 is 37.9. The van der Waals surface area contributed by atoms with Crippen LogP contribution in [0.1, 0.15) is 33.5 Å². The molecule has 0 radical (unpaired) electrons. The van der Waals surface area contributed by atoms with Gasteiger partial charge in [-0.15, -0.1) is 0 Å². The minimum atomic E-state index is -4.43. The average Bonchev–Trinajstić information content (AvgIpc) is 2.64. The van der Waals surface area contributed by atoms with E-state index in [-0.39, 0.29) is 19.1 Å². The Morgan fingerprint density at radius 3 is 2.17 bits per heavy atom. The van der Waals surface area contributed by atoms with Gasteiger partial charge in [-0.2, -0.15) is 13.2 Å². The molecule has 1 heterocycles. The molecular weight excluding hydrogens is 245 g/mol. The van der Waals surface area contributed by atoms with Crippen molar-refractivity contribution in [2.75, 3.05) is 6.61 Å². The molecule has 0 fully saturated rings. The van der Waals surface area contributed by atoms with Crippen LogP contribution in [0.5, 0.6) is 0 Å². The summed E-state index contributed by atoms with van der Waals surface area (Å²) in [6.07, 6.45) is -2.07. The van der Waals surface area contributed by atoms with Crippen LogP contribution >= 0.6 is 0 Å². The van der Waals surface area contributed by atoms with Crippen molar-refractivity contribution in [1.82, 2.24) is 9.55 Å². The third kappa shape index (κ3) is 6.64. The number of halogens is 3. The monoisotopic (exact) mass is 266 g/mol. The first kappa shape index (κ1) is 17.0. The molecule has 1 rings (SSSR count). The van der Waals surface area contributed by atoms with Crippen LogP contribution in [-0.2, 0) is 12.7 Å². The number of alkyl halides is 3. The van der Waals surface area contributed by atoms with E-state index in [9.17, 15) is 13.2 Å². The number of rotatable bonds is 3. The Morgan fingerprint density at radius 1 is 1.28 bits per heavy atom. The molecule has 1 atom stereocenters. The zero-order valence-corrected chi connectivity index (χ0v) is 11.2. The van der Waals surface area contributed by atoms with Crippen LogP contribution in [0.4, 0.5) is 13.2 Å². The molecular formula is C12H21F3N2O. The Morgan fingerprint density at radius 2 is 1.78 bits per heavy atom. The van der Waals surface area contributed by atoms with E-state index >= 15 is 0 Å². The van der Waals surface area contributed by atoms with E-state index in [1.54, 1.807) is 6.92 Å². The number of hydrogen-bond acceptors (Lipinski definition) is 2. The van der Waals surface area contributed by atoms with E-state index in [2.05, 4.69) is 25.8 Å². The molecule has 3 nitrogen and oxygen atoms in total. The quantitative estimate of drug-likeness (QED) is 0.912. The standard InChI is InChI=1S/C8H11F3N2O.C4H10/c1-6(5-14)4-13-3-2-12-7(13)8(9,10)11;1-4(2)3/h2-3,6,14H,4-5H2,1H3;4H,1-3H3. The van der Waals surface area contributed by atoms with Crippen molar-refractivity contribution < 1.29 is 18.3 Å². The van der Waals surface area contributed by atoms with E-state index in [0.29, 0.717) is 0 Å². The summed E-state index contributed by atoms with van der Waals surface area (Å²) in [5.74, 6) is -0.303. The molecule has 0 aliphatic rings. The third-order valence-corrected chi connectivity index (χ3v) is 1.79. The molecule has 0 aromatic carbocycles. The molecule has 1 aromatic heterocycles. The highest BCUT2D eigenvalue weighted by Crippen LogP contribution is 2.27. The second kappa shape index (κ2) is 7.41. The van der Waals surface area contributed by atoms with Gasteiger partial charge in [0, 0.05) is 25.5 Å². The van der Waals surface area contributed by atoms with Crippen LogP contribution < -0.4 is 0 Å². The van der Waals surface area contributed by atoms with Gasteiger partial charge in [-0.25, -0.2) is 4.98 Å². The van der Waals surface area contributed by atoms with Crippen LogP contribution in [0, 0.1) is 11.8 Å². The minimum Gasteiger partial charge on any atom is -0.396 e. The van der Waals surface area contributed by atoms with Gasteiger partial charge in [-0.1, -0.05) is 27.7 Å². The van der Waals surface area contributed by atoms with Gasteiger partial charge < -0.3 is 9.67 Å². The van der Waals surface area contributed by atoms with Crippen molar-refractivity contribution in [3.05, 3.63) is 18.2 Å². The van der Waals surface area contributed by atoms with Crippen molar-refractivity contribution in [2.45, 2.75) is 40.4 Å². The van der Waals surface area contributed by atoms with Crippen molar-refractivity contribution in [3.8, 4) is 0 Å². The van der Waals surface area contributed by atoms with Gasteiger partial charge in [-0.05, 0) is 11.8 Å². The summed E-state index contributed by atoms with van der Waals surface area (Å²) in [6, 6.07) is 0. The van der Waals surface area contributed by atoms with Crippen molar-refractivity contribution in [3.63, 3.8) is 0 Å². The Bertz CT molecular complexity index is 332. The zero-order chi connectivity index (χ0) is 14.3. The fourth-order valence-corrected chi connectivity index (χ4v) is 1.11. The summed E-state index contributed by atoms with van der Waals surface area (Å²) in [5.41, 5.74) is 0. The molecule has 0 aliphatic carbocycles. The summed E-state index contributed by atoms with van der Waals surface area (Å²) in [4.78, 5) is 3.23. The minimum absolute atomic E-state index is 0.116. The zero-order valence-electron chi connectivity index (χ0n) is 11.2. The molecule has 1 unspecified atom stereocenters. The van der Waals surface area contributed by atoms with Crippen LogP contribution in [0.25, 0.3) is 0 Å². The molecule has 18 heavy (non-hydrogen) atoms. The fraction of sp³-hybridized carbons (Fsp3) is 0.750. The lowest BCUT2D eigenvalue weighted by Crippen LogP contribution is -2.18. The highest BCUT2D eigenvalue weighted by Gasteiger charge is 2.36. The van der Waals surface area contributed by atoms with Crippen LogP contribution in [0.15, 0.2) is 12.4 Å². The van der Waals surface area contributed by atoms with Crippen LogP contribution in [0.2, 0.25) is 0 Å². The van der Waals surface area contributed by atoms with E-state index in [0.717, 1.165) is 16.7 Å². The van der Waals surface area contributed by atoms with Gasteiger partial charge in [0.1, 0.15) is 0 Å². The lowest BCUT2D eigenvalue weighted by molar-refractivity contribution is -0.147. The molecule has 6 heteroatoms. The molecule has 0 amide bonds. The summed E-state index contributed by atoms with van der Waals surface area (Å²) in [6.45, 7) is 8.14. The van der Waals surface area contributed by atoms with Gasteiger partial charge in [-0.3, -0.25) is 0 Å². The lowest BCUT2D eigenvalue weighted by atomic mass is 10.2. The van der Waals surface area contributed by atoms with E-state index < -0.39 is 12.0 Å². The van der Waals surface area contributed by atoms with E-state index in [1.807, 2.05) is 0 Å². The first-order valence-electron chi connectivity index (χ1n) is 5.87. The largest absolute Gasteiger partial charge is 0.449 e. The Hall–Kier alpha value is -1.04. The fourth-order valence-electron chi connectivity index (χ4n) is 1.11. The normalized spacial score (nSPS) is 13.2. The van der Waals surface area contributed by atoms with E-state index in [1.165, 1.54) is 6.20 Å². The van der Waals surface area contributed by atoms with Gasteiger partial charge in [0.15, 0.2) is 0 Å². The van der Waals surface area contributed by atoms with Crippen molar-refractivity contribution in [2.24, 2.45) is 11.8 Å². The molecule has 0 bridgehead atoms. The maximum Gasteiger partial charge on any atom is 0.449 e. The third-order valence-electron chi connectivity index (χ3n) is 1.79. The topological polar surface area (TPSA) is 38.0 Å². The van der Waals surface area contributed by atoms with Crippen LogP contribution in [-0.4, -0.2) is 21.3 Å². The van der Waals surface area contributed by atoms with Gasteiger partial charge in [0.05, 0.1) is 0 Å². The van der Waals surface area contributed by atoms with E-state index in [4.69, 9.17) is 5.11 Å². The highest BCUT2D eigenvalue weighted by molar-refractivity contribution is 4.96. The number of aliphatic hydroxyl groups is 1. The smallest absolute Gasteiger partial charge is 0.396 e. The SMILES string of the molecule is CC(C)C.CC(CO)Cn1ccnc1C(F)(F)F. The van der Waals surface area contributed by atoms with Gasteiger partial charge in [0.25, 0.3) is 0 Å². The average molecular weight is 266 g/mol. The molecule has 0 saturated carbocycles.